The van der Waals surface area contributed by atoms with Crippen molar-refractivity contribution < 1.29 is 8.42 Å². The molecule has 1 unspecified atom stereocenters. The first-order chi connectivity index (χ1) is 9.83. The summed E-state index contributed by atoms with van der Waals surface area (Å²) in [6.07, 6.45) is 0. The van der Waals surface area contributed by atoms with E-state index in [0.717, 1.165) is 25.3 Å². The number of nitrogen functional groups attached to an aromatic ring is 1. The molecule has 6 nitrogen and oxygen atoms in total. The van der Waals surface area contributed by atoms with Crippen molar-refractivity contribution in [2.75, 3.05) is 37.7 Å². The number of hydrogen-bond acceptors (Lipinski definition) is 5. The van der Waals surface area contributed by atoms with Crippen LogP contribution in [-0.4, -0.2) is 46.0 Å². The van der Waals surface area contributed by atoms with Crippen molar-refractivity contribution in [2.45, 2.75) is 31.7 Å². The van der Waals surface area contributed by atoms with Gasteiger partial charge in [0.1, 0.15) is 4.90 Å². The summed E-state index contributed by atoms with van der Waals surface area (Å²) in [5.41, 5.74) is 6.90. The Morgan fingerprint density at radius 2 is 1.90 bits per heavy atom. The van der Waals surface area contributed by atoms with Gasteiger partial charge >= 0.3 is 0 Å². The standard InChI is InChI=1S/C14H26N4O2S/c1-5-18(6-2)10-11(3)17-12-7-8-14(13(15)9-12)21(19,20)16-4/h7-9,11,16-17H,5-6,10,15H2,1-4H3. The fourth-order valence-corrected chi connectivity index (χ4v) is 3.03. The summed E-state index contributed by atoms with van der Waals surface area (Å²) < 4.78 is 25.8. The molecule has 0 spiro atoms. The van der Waals surface area contributed by atoms with Gasteiger partial charge in [-0.2, -0.15) is 0 Å². The number of nitrogens with zero attached hydrogens (tertiary/aromatic N) is 1. The van der Waals surface area contributed by atoms with Crippen molar-refractivity contribution in [3.8, 4) is 0 Å². The van der Waals surface area contributed by atoms with Gasteiger partial charge in [0.2, 0.25) is 10.0 Å². The van der Waals surface area contributed by atoms with Crippen LogP contribution in [0.25, 0.3) is 0 Å². The molecule has 0 fully saturated rings. The second-order valence-corrected chi connectivity index (χ2v) is 6.85. The molecule has 0 saturated heterocycles. The van der Waals surface area contributed by atoms with E-state index in [1.807, 2.05) is 0 Å². The smallest absolute Gasteiger partial charge is 0.242 e. The molecule has 1 atom stereocenters. The van der Waals surface area contributed by atoms with E-state index >= 15 is 0 Å². The van der Waals surface area contributed by atoms with Crippen molar-refractivity contribution in [2.24, 2.45) is 0 Å². The number of nitrogens with one attached hydrogen (secondary N) is 2. The zero-order valence-electron chi connectivity index (χ0n) is 13.2. The molecule has 0 bridgehead atoms. The first kappa shape index (κ1) is 17.7. The Kier molecular flexibility index (Phi) is 6.44. The number of hydrogen-bond donors (Lipinski definition) is 3. The van der Waals surface area contributed by atoms with Gasteiger partial charge in [-0.05, 0) is 45.3 Å². The van der Waals surface area contributed by atoms with Crippen LogP contribution in [0.3, 0.4) is 0 Å². The molecule has 1 aromatic carbocycles. The quantitative estimate of drug-likeness (QED) is 0.630. The lowest BCUT2D eigenvalue weighted by atomic mass is 10.2. The summed E-state index contributed by atoms with van der Waals surface area (Å²) in [4.78, 5) is 2.42. The summed E-state index contributed by atoms with van der Waals surface area (Å²) in [6, 6.07) is 5.16. The Balaban J connectivity index is 2.81. The van der Waals surface area contributed by atoms with Gasteiger partial charge in [-0.3, -0.25) is 0 Å². The molecule has 0 aliphatic carbocycles. The number of benzene rings is 1. The van der Waals surface area contributed by atoms with Gasteiger partial charge in [-0.15, -0.1) is 0 Å². The molecule has 4 N–H and O–H groups in total. The molecular formula is C14H26N4O2S. The molecule has 1 aromatic rings. The second kappa shape index (κ2) is 7.63. The Hall–Kier alpha value is -1.31. The Morgan fingerprint density at radius 1 is 1.29 bits per heavy atom. The van der Waals surface area contributed by atoms with Crippen molar-refractivity contribution >= 4 is 21.4 Å². The first-order valence-electron chi connectivity index (χ1n) is 7.16. The van der Waals surface area contributed by atoms with E-state index in [-0.39, 0.29) is 16.6 Å². The maximum atomic E-state index is 11.8. The Labute approximate surface area is 127 Å². The van der Waals surface area contributed by atoms with Crippen molar-refractivity contribution in [3.05, 3.63) is 18.2 Å². The molecule has 120 valence electrons. The highest BCUT2D eigenvalue weighted by Gasteiger charge is 2.16. The van der Waals surface area contributed by atoms with Crippen molar-refractivity contribution in [1.29, 1.82) is 0 Å². The summed E-state index contributed by atoms with van der Waals surface area (Å²) in [5, 5.41) is 3.34. The van der Waals surface area contributed by atoms with E-state index in [0.29, 0.717) is 0 Å². The number of likely N-dealkylation sites (N-methyl/N-ethyl adjacent to an activating group) is 1. The highest BCUT2D eigenvalue weighted by atomic mass is 32.2. The fourth-order valence-electron chi connectivity index (χ4n) is 2.19. The normalized spacial score (nSPS) is 13.4. The molecule has 0 aliphatic heterocycles. The number of nitrogens with two attached hydrogens (primary N) is 1. The van der Waals surface area contributed by atoms with Crippen molar-refractivity contribution in [3.63, 3.8) is 0 Å². The van der Waals surface area contributed by atoms with E-state index in [1.165, 1.54) is 13.1 Å². The highest BCUT2D eigenvalue weighted by Crippen LogP contribution is 2.22. The zero-order valence-corrected chi connectivity index (χ0v) is 14.0. The van der Waals surface area contributed by atoms with E-state index in [2.05, 4.69) is 35.7 Å². The van der Waals surface area contributed by atoms with Gasteiger partial charge < -0.3 is 16.0 Å². The minimum Gasteiger partial charge on any atom is -0.398 e. The lowest BCUT2D eigenvalue weighted by Crippen LogP contribution is -2.34. The molecular weight excluding hydrogens is 288 g/mol. The largest absolute Gasteiger partial charge is 0.398 e. The molecule has 1 rings (SSSR count). The molecule has 0 aliphatic rings. The van der Waals surface area contributed by atoms with Gasteiger partial charge in [0.25, 0.3) is 0 Å². The third-order valence-corrected chi connectivity index (χ3v) is 4.90. The molecule has 0 radical (unpaired) electrons. The Bertz CT molecular complexity index is 556. The molecule has 21 heavy (non-hydrogen) atoms. The predicted molar refractivity (Wildman–Crippen MR) is 88.0 cm³/mol. The third kappa shape index (κ3) is 4.87. The van der Waals surface area contributed by atoms with Gasteiger partial charge in [0.05, 0.1) is 5.69 Å². The molecule has 0 amide bonds. The van der Waals surface area contributed by atoms with Crippen LogP contribution in [0.4, 0.5) is 11.4 Å². The van der Waals surface area contributed by atoms with Crippen LogP contribution in [0.1, 0.15) is 20.8 Å². The average Bonchev–Trinajstić information content (AvgIpc) is 2.44. The second-order valence-electron chi connectivity index (χ2n) is 4.99. The van der Waals surface area contributed by atoms with Crippen molar-refractivity contribution in [1.82, 2.24) is 9.62 Å². The average molecular weight is 314 g/mol. The Morgan fingerprint density at radius 3 is 2.38 bits per heavy atom. The van der Waals surface area contributed by atoms with Gasteiger partial charge in [0, 0.05) is 18.3 Å². The minimum absolute atomic E-state index is 0.104. The fraction of sp³-hybridized carbons (Fsp3) is 0.571. The number of sulfonamides is 1. The summed E-state index contributed by atoms with van der Waals surface area (Å²) in [7, 11) is -2.14. The van der Waals surface area contributed by atoms with E-state index < -0.39 is 10.0 Å². The van der Waals surface area contributed by atoms with E-state index in [4.69, 9.17) is 5.73 Å². The van der Waals surface area contributed by atoms with Crippen LogP contribution in [-0.2, 0) is 10.0 Å². The predicted octanol–water partition coefficient (Wildman–Crippen LogP) is 1.32. The highest BCUT2D eigenvalue weighted by molar-refractivity contribution is 7.89. The van der Waals surface area contributed by atoms with Crippen LogP contribution in [0.5, 0.6) is 0 Å². The SMILES string of the molecule is CCN(CC)CC(C)Nc1ccc(S(=O)(=O)NC)c(N)c1. The zero-order chi connectivity index (χ0) is 16.0. The van der Waals surface area contributed by atoms with Crippen LogP contribution in [0.15, 0.2) is 23.1 Å². The first-order valence-corrected chi connectivity index (χ1v) is 8.64. The number of anilines is 2. The van der Waals surface area contributed by atoms with E-state index in [1.54, 1.807) is 12.1 Å². The van der Waals surface area contributed by atoms with Gasteiger partial charge in [0.15, 0.2) is 0 Å². The lowest BCUT2D eigenvalue weighted by Gasteiger charge is -2.24. The van der Waals surface area contributed by atoms with Gasteiger partial charge in [-0.25, -0.2) is 13.1 Å². The summed E-state index contributed by atoms with van der Waals surface area (Å²) in [5.74, 6) is 0. The molecule has 7 heteroatoms. The summed E-state index contributed by atoms with van der Waals surface area (Å²) in [6.45, 7) is 9.28. The maximum absolute atomic E-state index is 11.8. The molecule has 0 saturated carbocycles. The minimum atomic E-state index is -3.51. The lowest BCUT2D eigenvalue weighted by molar-refractivity contribution is 0.295. The number of rotatable bonds is 8. The monoisotopic (exact) mass is 314 g/mol. The van der Waals surface area contributed by atoms with Crippen LogP contribution >= 0.6 is 0 Å². The summed E-state index contributed by atoms with van der Waals surface area (Å²) >= 11 is 0. The molecule has 0 heterocycles. The topological polar surface area (TPSA) is 87.5 Å². The molecule has 0 aromatic heterocycles. The van der Waals surface area contributed by atoms with Gasteiger partial charge in [-0.1, -0.05) is 13.8 Å². The van der Waals surface area contributed by atoms with Crippen LogP contribution < -0.4 is 15.8 Å². The van der Waals surface area contributed by atoms with Crippen LogP contribution in [0.2, 0.25) is 0 Å². The van der Waals surface area contributed by atoms with Crippen LogP contribution in [0, 0.1) is 0 Å². The third-order valence-electron chi connectivity index (χ3n) is 3.41. The maximum Gasteiger partial charge on any atom is 0.242 e. The van der Waals surface area contributed by atoms with E-state index in [9.17, 15) is 8.42 Å².